The molecular weight excluding hydrogens is 290 g/mol. The molecule has 0 saturated heterocycles. The lowest BCUT2D eigenvalue weighted by molar-refractivity contribution is 0.110. The highest BCUT2D eigenvalue weighted by molar-refractivity contribution is 8.13. The summed E-state index contributed by atoms with van der Waals surface area (Å²) >= 11 is 0. The third-order valence-corrected chi connectivity index (χ3v) is 2.97. The molecule has 0 aliphatic rings. The third kappa shape index (κ3) is 6.13. The maximum absolute atomic E-state index is 13.1. The largest absolute Gasteiger partial charge is 0.488 e. The molecule has 4 nitrogen and oxygen atoms in total. The first-order chi connectivity index (χ1) is 8.38. The Hall–Kier alpha value is -0.920. The van der Waals surface area contributed by atoms with Crippen LogP contribution in [0.2, 0.25) is 0 Å². The van der Waals surface area contributed by atoms with Gasteiger partial charge in [0.2, 0.25) is 9.05 Å². The minimum absolute atomic E-state index is 0.0187. The molecule has 1 aromatic rings. The van der Waals surface area contributed by atoms with Crippen molar-refractivity contribution in [1.82, 2.24) is 0 Å². The lowest BCUT2D eigenvalue weighted by Gasteiger charge is -2.07. The number of benzene rings is 1. The summed E-state index contributed by atoms with van der Waals surface area (Å²) in [5.41, 5.74) is 0. The number of halogens is 3. The maximum atomic E-state index is 13.1. The molecule has 0 atom stereocenters. The van der Waals surface area contributed by atoms with Gasteiger partial charge in [-0.3, -0.25) is 0 Å². The zero-order chi connectivity index (χ0) is 13.6. The van der Waals surface area contributed by atoms with E-state index in [-0.39, 0.29) is 31.3 Å². The molecule has 0 unspecified atom stereocenters. The number of hydrogen-bond acceptors (Lipinski definition) is 4. The first-order valence-electron chi connectivity index (χ1n) is 4.96. The Morgan fingerprint density at radius 1 is 1.17 bits per heavy atom. The quantitative estimate of drug-likeness (QED) is 0.570. The van der Waals surface area contributed by atoms with Crippen molar-refractivity contribution >= 4 is 19.7 Å². The minimum Gasteiger partial charge on any atom is -0.488 e. The van der Waals surface area contributed by atoms with Crippen LogP contribution in [0, 0.1) is 11.6 Å². The molecule has 0 heterocycles. The summed E-state index contributed by atoms with van der Waals surface area (Å²) in [5.74, 6) is -1.90. The van der Waals surface area contributed by atoms with E-state index in [9.17, 15) is 17.2 Å². The highest BCUT2D eigenvalue weighted by Crippen LogP contribution is 2.17. The van der Waals surface area contributed by atoms with Crippen molar-refractivity contribution in [1.29, 1.82) is 0 Å². The van der Waals surface area contributed by atoms with E-state index in [2.05, 4.69) is 0 Å². The van der Waals surface area contributed by atoms with Gasteiger partial charge in [0.25, 0.3) is 0 Å². The van der Waals surface area contributed by atoms with Crippen molar-refractivity contribution in [2.45, 2.75) is 0 Å². The Morgan fingerprint density at radius 3 is 2.50 bits per heavy atom. The van der Waals surface area contributed by atoms with Gasteiger partial charge in [0, 0.05) is 16.7 Å². The van der Waals surface area contributed by atoms with Crippen LogP contribution < -0.4 is 4.74 Å². The van der Waals surface area contributed by atoms with E-state index in [1.807, 2.05) is 0 Å². The fraction of sp³-hybridized carbons (Fsp3) is 0.400. The smallest absolute Gasteiger partial charge is 0.234 e. The van der Waals surface area contributed by atoms with Crippen molar-refractivity contribution in [2.75, 3.05) is 25.6 Å². The summed E-state index contributed by atoms with van der Waals surface area (Å²) < 4.78 is 56.6. The average molecular weight is 301 g/mol. The topological polar surface area (TPSA) is 52.6 Å². The van der Waals surface area contributed by atoms with Gasteiger partial charge in [-0.2, -0.15) is 0 Å². The number of ether oxygens (including phenoxy) is 2. The zero-order valence-electron chi connectivity index (χ0n) is 9.24. The van der Waals surface area contributed by atoms with Crippen molar-refractivity contribution in [2.24, 2.45) is 0 Å². The second-order valence-electron chi connectivity index (χ2n) is 3.28. The fourth-order valence-electron chi connectivity index (χ4n) is 1.06. The van der Waals surface area contributed by atoms with Crippen LogP contribution in [0.5, 0.6) is 5.75 Å². The molecule has 0 aliphatic heterocycles. The van der Waals surface area contributed by atoms with Crippen LogP contribution in [0.25, 0.3) is 0 Å². The van der Waals surface area contributed by atoms with Crippen LogP contribution in [0.1, 0.15) is 0 Å². The van der Waals surface area contributed by atoms with Crippen molar-refractivity contribution < 1.29 is 26.7 Å². The molecule has 18 heavy (non-hydrogen) atoms. The van der Waals surface area contributed by atoms with E-state index in [1.54, 1.807) is 0 Å². The second-order valence-corrected chi connectivity index (χ2v) is 6.18. The molecule has 1 rings (SSSR count). The standard InChI is InChI=1S/C10H11ClF2O4S/c11-18(14,15)6-5-16-3-4-17-10-2-1-8(12)7-9(10)13/h1-2,7H,3-6H2. The van der Waals surface area contributed by atoms with Gasteiger partial charge in [0.05, 0.1) is 19.0 Å². The molecule has 0 N–H and O–H groups in total. The lowest BCUT2D eigenvalue weighted by Crippen LogP contribution is -2.12. The van der Waals surface area contributed by atoms with Gasteiger partial charge in [-0.1, -0.05) is 0 Å². The van der Waals surface area contributed by atoms with Crippen LogP contribution in [0.15, 0.2) is 18.2 Å². The van der Waals surface area contributed by atoms with Gasteiger partial charge in [0.1, 0.15) is 12.4 Å². The summed E-state index contributed by atoms with van der Waals surface area (Å²) in [4.78, 5) is 0. The number of rotatable bonds is 7. The van der Waals surface area contributed by atoms with Gasteiger partial charge >= 0.3 is 0 Å². The average Bonchev–Trinajstić information content (AvgIpc) is 2.24. The van der Waals surface area contributed by atoms with E-state index < -0.39 is 20.7 Å². The maximum Gasteiger partial charge on any atom is 0.234 e. The zero-order valence-corrected chi connectivity index (χ0v) is 10.8. The van der Waals surface area contributed by atoms with E-state index in [0.717, 1.165) is 12.1 Å². The lowest BCUT2D eigenvalue weighted by atomic mass is 10.3. The fourth-order valence-corrected chi connectivity index (χ4v) is 1.57. The van der Waals surface area contributed by atoms with Crippen molar-refractivity contribution in [3.8, 4) is 5.75 Å². The van der Waals surface area contributed by atoms with Gasteiger partial charge in [-0.05, 0) is 12.1 Å². The summed E-state index contributed by atoms with van der Waals surface area (Å²) in [7, 11) is 1.38. The Kier molecular flexibility index (Phi) is 5.77. The molecule has 0 bridgehead atoms. The first-order valence-corrected chi connectivity index (χ1v) is 7.44. The van der Waals surface area contributed by atoms with Crippen LogP contribution in [0.4, 0.5) is 8.78 Å². The molecule has 0 saturated carbocycles. The van der Waals surface area contributed by atoms with Crippen molar-refractivity contribution in [3.05, 3.63) is 29.8 Å². The molecule has 1 aromatic carbocycles. The predicted octanol–water partition coefficient (Wildman–Crippen LogP) is 1.93. The monoisotopic (exact) mass is 300 g/mol. The molecular formula is C10H11ClF2O4S. The second kappa shape index (κ2) is 6.86. The predicted molar refractivity (Wildman–Crippen MR) is 62.3 cm³/mol. The molecule has 0 aliphatic carbocycles. The van der Waals surface area contributed by atoms with Crippen LogP contribution >= 0.6 is 10.7 Å². The summed E-state index contributed by atoms with van der Waals surface area (Å²) in [6, 6.07) is 2.93. The normalized spacial score (nSPS) is 11.5. The molecule has 0 fully saturated rings. The summed E-state index contributed by atoms with van der Waals surface area (Å²) in [6.07, 6.45) is 0. The van der Waals surface area contributed by atoms with E-state index in [1.165, 1.54) is 0 Å². The molecule has 0 aromatic heterocycles. The van der Waals surface area contributed by atoms with E-state index in [4.69, 9.17) is 20.2 Å². The molecule has 8 heteroatoms. The van der Waals surface area contributed by atoms with Gasteiger partial charge in [-0.15, -0.1) is 0 Å². The highest BCUT2D eigenvalue weighted by Gasteiger charge is 2.06. The van der Waals surface area contributed by atoms with Gasteiger partial charge in [-0.25, -0.2) is 17.2 Å². The highest BCUT2D eigenvalue weighted by atomic mass is 35.7. The first kappa shape index (κ1) is 15.1. The van der Waals surface area contributed by atoms with Gasteiger partial charge < -0.3 is 9.47 Å². The Labute approximate surface area is 108 Å². The Bertz CT molecular complexity index is 493. The summed E-state index contributed by atoms with van der Waals surface area (Å²) in [6.45, 7) is 0.0230. The van der Waals surface area contributed by atoms with Gasteiger partial charge in [0.15, 0.2) is 11.6 Å². The van der Waals surface area contributed by atoms with Crippen molar-refractivity contribution in [3.63, 3.8) is 0 Å². The van der Waals surface area contributed by atoms with E-state index >= 15 is 0 Å². The molecule has 0 radical (unpaired) electrons. The SMILES string of the molecule is O=S(=O)(Cl)CCOCCOc1ccc(F)cc1F. The Morgan fingerprint density at radius 2 is 1.89 bits per heavy atom. The third-order valence-electron chi connectivity index (χ3n) is 1.85. The summed E-state index contributed by atoms with van der Waals surface area (Å²) in [5, 5.41) is 0. The Balaban J connectivity index is 2.22. The molecule has 0 amide bonds. The van der Waals surface area contributed by atoms with E-state index in [0.29, 0.717) is 6.07 Å². The van der Waals surface area contributed by atoms with Crippen LogP contribution in [-0.4, -0.2) is 34.0 Å². The molecule has 102 valence electrons. The van der Waals surface area contributed by atoms with Crippen LogP contribution in [0.3, 0.4) is 0 Å². The minimum atomic E-state index is -3.57. The number of hydrogen-bond donors (Lipinski definition) is 0. The van der Waals surface area contributed by atoms with Crippen LogP contribution in [-0.2, 0) is 13.8 Å². The molecule has 0 spiro atoms.